The summed E-state index contributed by atoms with van der Waals surface area (Å²) >= 11 is 0. The Labute approximate surface area is 91.1 Å². The fourth-order valence-electron chi connectivity index (χ4n) is 1.69. The minimum Gasteiger partial charge on any atom is -0.396 e. The van der Waals surface area contributed by atoms with E-state index in [0.29, 0.717) is 5.92 Å². The van der Waals surface area contributed by atoms with Crippen LogP contribution in [0.15, 0.2) is 24.3 Å². The summed E-state index contributed by atoms with van der Waals surface area (Å²) in [6.45, 7) is 3.70. The lowest BCUT2D eigenvalue weighted by atomic mass is 9.98. The average molecular weight is 209 g/mol. The second kappa shape index (κ2) is 6.40. The second-order valence-electron chi connectivity index (χ2n) is 3.84. The number of piperidine rings is 1. The highest BCUT2D eigenvalue weighted by atomic mass is 16.3. The first kappa shape index (κ1) is 12.0. The predicted octanol–water partition coefficient (Wildman–Crippen LogP) is 1.35. The van der Waals surface area contributed by atoms with Gasteiger partial charge >= 0.3 is 0 Å². The van der Waals surface area contributed by atoms with Crippen LogP contribution in [0.25, 0.3) is 0 Å². The predicted molar refractivity (Wildman–Crippen MR) is 60.3 cm³/mol. The molecule has 1 N–H and O–H groups in total. The summed E-state index contributed by atoms with van der Waals surface area (Å²) in [4.78, 5) is 13.5. The van der Waals surface area contributed by atoms with Crippen LogP contribution in [0.3, 0.4) is 0 Å². The fraction of sp³-hybridized carbons (Fsp3) is 0.583. The van der Waals surface area contributed by atoms with Crippen molar-refractivity contribution in [2.45, 2.75) is 19.8 Å². The Balaban J connectivity index is 2.36. The first-order valence-corrected chi connectivity index (χ1v) is 5.47. The summed E-state index contributed by atoms with van der Waals surface area (Å²) in [5, 5.41) is 8.96. The molecule has 0 aromatic heterocycles. The Bertz CT molecular complexity index is 250. The van der Waals surface area contributed by atoms with E-state index in [1.807, 2.05) is 24.0 Å². The number of amides is 1. The van der Waals surface area contributed by atoms with Gasteiger partial charge in [0.25, 0.3) is 0 Å². The standard InChI is InChI=1S/C12H19NO2/c1-2-3-4-5-12(15)13-8-6-11(10-14)7-9-13/h2-5,11,14H,6-10H2,1H3/b3-2+,5-4+. The molecule has 15 heavy (non-hydrogen) atoms. The number of carbonyl (C=O) groups excluding carboxylic acids is 1. The van der Waals surface area contributed by atoms with E-state index in [1.165, 1.54) is 0 Å². The summed E-state index contributed by atoms with van der Waals surface area (Å²) in [5.74, 6) is 0.457. The maximum atomic E-state index is 11.6. The van der Waals surface area contributed by atoms with Gasteiger partial charge in [0.2, 0.25) is 5.91 Å². The van der Waals surface area contributed by atoms with Crippen molar-refractivity contribution in [2.75, 3.05) is 19.7 Å². The smallest absolute Gasteiger partial charge is 0.246 e. The van der Waals surface area contributed by atoms with Gasteiger partial charge in [-0.25, -0.2) is 0 Å². The molecule has 0 saturated carbocycles. The van der Waals surface area contributed by atoms with Crippen LogP contribution in [-0.2, 0) is 4.79 Å². The minimum absolute atomic E-state index is 0.0736. The molecule has 0 unspecified atom stereocenters. The molecular weight excluding hydrogens is 190 g/mol. The number of likely N-dealkylation sites (tertiary alicyclic amines) is 1. The third-order valence-corrected chi connectivity index (χ3v) is 2.73. The molecule has 1 saturated heterocycles. The number of hydrogen-bond donors (Lipinski definition) is 1. The van der Waals surface area contributed by atoms with Crippen molar-refractivity contribution in [3.63, 3.8) is 0 Å². The van der Waals surface area contributed by atoms with Gasteiger partial charge in [0.15, 0.2) is 0 Å². The molecular formula is C12H19NO2. The van der Waals surface area contributed by atoms with Crippen molar-refractivity contribution < 1.29 is 9.90 Å². The zero-order valence-corrected chi connectivity index (χ0v) is 9.22. The molecule has 84 valence electrons. The van der Waals surface area contributed by atoms with Crippen LogP contribution < -0.4 is 0 Å². The molecule has 0 aliphatic carbocycles. The Morgan fingerprint density at radius 2 is 2.07 bits per heavy atom. The van der Waals surface area contributed by atoms with Gasteiger partial charge in [-0.3, -0.25) is 4.79 Å². The molecule has 1 aliphatic rings. The van der Waals surface area contributed by atoms with Gasteiger partial charge < -0.3 is 10.0 Å². The lowest BCUT2D eigenvalue weighted by Gasteiger charge is -2.30. The average Bonchev–Trinajstić information content (AvgIpc) is 2.29. The molecule has 1 amide bonds. The van der Waals surface area contributed by atoms with E-state index in [1.54, 1.807) is 12.2 Å². The molecule has 3 nitrogen and oxygen atoms in total. The Morgan fingerprint density at radius 3 is 2.60 bits per heavy atom. The zero-order chi connectivity index (χ0) is 11.1. The van der Waals surface area contributed by atoms with Crippen molar-refractivity contribution in [3.8, 4) is 0 Å². The first-order valence-electron chi connectivity index (χ1n) is 5.47. The highest BCUT2D eigenvalue weighted by Gasteiger charge is 2.20. The summed E-state index contributed by atoms with van der Waals surface area (Å²) in [6.07, 6.45) is 8.93. The largest absolute Gasteiger partial charge is 0.396 e. The maximum Gasteiger partial charge on any atom is 0.246 e. The van der Waals surface area contributed by atoms with Gasteiger partial charge in [-0.15, -0.1) is 0 Å². The van der Waals surface area contributed by atoms with Gasteiger partial charge in [-0.2, -0.15) is 0 Å². The highest BCUT2D eigenvalue weighted by Crippen LogP contribution is 2.16. The van der Waals surface area contributed by atoms with Crippen molar-refractivity contribution in [1.29, 1.82) is 0 Å². The number of aliphatic hydroxyl groups excluding tert-OH is 1. The highest BCUT2D eigenvalue weighted by molar-refractivity contribution is 5.87. The van der Waals surface area contributed by atoms with Gasteiger partial charge in [0.1, 0.15) is 0 Å². The Morgan fingerprint density at radius 1 is 1.40 bits per heavy atom. The van der Waals surface area contributed by atoms with Crippen LogP contribution in [0.4, 0.5) is 0 Å². The third-order valence-electron chi connectivity index (χ3n) is 2.73. The van der Waals surface area contributed by atoms with E-state index in [2.05, 4.69) is 0 Å². The van der Waals surface area contributed by atoms with E-state index in [0.717, 1.165) is 25.9 Å². The number of rotatable bonds is 3. The number of allylic oxidation sites excluding steroid dienone is 3. The van der Waals surface area contributed by atoms with Gasteiger partial charge in [-0.05, 0) is 25.7 Å². The Hall–Kier alpha value is -1.09. The third kappa shape index (κ3) is 3.88. The van der Waals surface area contributed by atoms with Crippen LogP contribution in [0.2, 0.25) is 0 Å². The molecule has 0 atom stereocenters. The summed E-state index contributed by atoms with van der Waals surface area (Å²) in [7, 11) is 0. The van der Waals surface area contributed by atoms with Crippen molar-refractivity contribution >= 4 is 5.91 Å². The number of aliphatic hydroxyl groups is 1. The summed E-state index contributed by atoms with van der Waals surface area (Å²) in [6, 6.07) is 0. The number of nitrogens with zero attached hydrogens (tertiary/aromatic N) is 1. The zero-order valence-electron chi connectivity index (χ0n) is 9.22. The van der Waals surface area contributed by atoms with Crippen LogP contribution in [-0.4, -0.2) is 35.6 Å². The van der Waals surface area contributed by atoms with Gasteiger partial charge in [0.05, 0.1) is 0 Å². The monoisotopic (exact) mass is 209 g/mol. The van der Waals surface area contributed by atoms with E-state index >= 15 is 0 Å². The van der Waals surface area contributed by atoms with Crippen LogP contribution in [0.5, 0.6) is 0 Å². The second-order valence-corrected chi connectivity index (χ2v) is 3.84. The lowest BCUT2D eigenvalue weighted by molar-refractivity contribution is -0.127. The summed E-state index contributed by atoms with van der Waals surface area (Å²) < 4.78 is 0. The topological polar surface area (TPSA) is 40.5 Å². The summed E-state index contributed by atoms with van der Waals surface area (Å²) in [5.41, 5.74) is 0. The molecule has 1 heterocycles. The molecule has 0 radical (unpaired) electrons. The van der Waals surface area contributed by atoms with Gasteiger partial charge in [0, 0.05) is 25.8 Å². The van der Waals surface area contributed by atoms with Crippen LogP contribution in [0, 0.1) is 5.92 Å². The molecule has 0 spiro atoms. The van der Waals surface area contributed by atoms with E-state index < -0.39 is 0 Å². The van der Waals surface area contributed by atoms with Gasteiger partial charge in [-0.1, -0.05) is 18.2 Å². The number of carbonyl (C=O) groups is 1. The van der Waals surface area contributed by atoms with E-state index in [4.69, 9.17) is 5.11 Å². The molecule has 1 aliphatic heterocycles. The van der Waals surface area contributed by atoms with Crippen LogP contribution in [0.1, 0.15) is 19.8 Å². The SMILES string of the molecule is C/C=C/C=C/C(=O)N1CCC(CO)CC1. The molecule has 0 aromatic carbocycles. The maximum absolute atomic E-state index is 11.6. The molecule has 1 rings (SSSR count). The van der Waals surface area contributed by atoms with E-state index in [-0.39, 0.29) is 12.5 Å². The van der Waals surface area contributed by atoms with Crippen LogP contribution >= 0.6 is 0 Å². The normalized spacial score (nSPS) is 19.2. The molecule has 3 heteroatoms. The first-order chi connectivity index (χ1) is 7.27. The quantitative estimate of drug-likeness (QED) is 0.563. The molecule has 1 fully saturated rings. The van der Waals surface area contributed by atoms with Crippen molar-refractivity contribution in [1.82, 2.24) is 4.90 Å². The fourth-order valence-corrected chi connectivity index (χ4v) is 1.69. The van der Waals surface area contributed by atoms with E-state index in [9.17, 15) is 4.79 Å². The Kier molecular flexibility index (Phi) is 5.12. The number of hydrogen-bond acceptors (Lipinski definition) is 2. The van der Waals surface area contributed by atoms with Crippen molar-refractivity contribution in [3.05, 3.63) is 24.3 Å². The van der Waals surface area contributed by atoms with Crippen molar-refractivity contribution in [2.24, 2.45) is 5.92 Å². The lowest BCUT2D eigenvalue weighted by Crippen LogP contribution is -2.38. The molecule has 0 aromatic rings. The molecule has 0 bridgehead atoms. The minimum atomic E-state index is 0.0736.